The zero-order chi connectivity index (χ0) is 16.4. The molecule has 4 rings (SSSR count). The summed E-state index contributed by atoms with van der Waals surface area (Å²) >= 11 is 0. The van der Waals surface area contributed by atoms with Crippen LogP contribution in [0.4, 0.5) is 11.4 Å². The summed E-state index contributed by atoms with van der Waals surface area (Å²) in [6.07, 6.45) is 0. The number of carbonyl (C=O) groups excluding carboxylic acids is 1. The molecule has 0 aliphatic carbocycles. The van der Waals surface area contributed by atoms with Gasteiger partial charge >= 0.3 is 0 Å². The molecule has 1 aromatic carbocycles. The monoisotopic (exact) mass is 321 g/mol. The normalized spacial score (nSPS) is 25.9. The van der Waals surface area contributed by atoms with Gasteiger partial charge in [0.15, 0.2) is 6.54 Å². The molecule has 0 unspecified atom stereocenters. The Morgan fingerprint density at radius 1 is 1.35 bits per heavy atom. The molecule has 3 aliphatic rings. The van der Waals surface area contributed by atoms with Gasteiger partial charge in [-0.3, -0.25) is 19.8 Å². The number of hydrogen-bond donors (Lipinski definition) is 1. The lowest BCUT2D eigenvalue weighted by Gasteiger charge is -2.50. The number of non-ortho nitro benzene ring substituents is 1. The molecule has 0 saturated carbocycles. The molecular formula is C15H21N4O4+. The van der Waals surface area contributed by atoms with E-state index < -0.39 is 4.92 Å². The first-order chi connectivity index (χ1) is 11.0. The number of methoxy groups -OCH3 is 1. The van der Waals surface area contributed by atoms with Crippen molar-refractivity contribution in [3.63, 3.8) is 0 Å². The molecule has 0 spiro atoms. The number of quaternary nitrogens is 1. The summed E-state index contributed by atoms with van der Waals surface area (Å²) in [7, 11) is 1.47. The van der Waals surface area contributed by atoms with Crippen LogP contribution in [0, 0.1) is 10.1 Å². The van der Waals surface area contributed by atoms with Crippen LogP contribution in [0.1, 0.15) is 0 Å². The zero-order valence-corrected chi connectivity index (χ0v) is 13.2. The number of fused-ring (bicyclic) bond motifs is 3. The lowest BCUT2D eigenvalue weighted by atomic mass is 10.1. The fourth-order valence-corrected chi connectivity index (χ4v) is 3.37. The lowest BCUT2D eigenvalue weighted by Crippen LogP contribution is -2.68. The van der Waals surface area contributed by atoms with Crippen LogP contribution in [0.5, 0.6) is 5.75 Å². The van der Waals surface area contributed by atoms with Gasteiger partial charge in [0, 0.05) is 31.8 Å². The highest BCUT2D eigenvalue weighted by atomic mass is 16.6. The highest BCUT2D eigenvalue weighted by Gasteiger charge is 2.39. The fraction of sp³-hybridized carbons (Fsp3) is 0.533. The maximum Gasteiger partial charge on any atom is 0.279 e. The Bertz CT molecular complexity index is 612. The van der Waals surface area contributed by atoms with E-state index in [4.69, 9.17) is 4.74 Å². The number of rotatable bonds is 5. The van der Waals surface area contributed by atoms with Crippen LogP contribution >= 0.6 is 0 Å². The first-order valence-electron chi connectivity index (χ1n) is 7.71. The smallest absolute Gasteiger partial charge is 0.279 e. The molecule has 1 amide bonds. The molecule has 3 heterocycles. The molecule has 0 radical (unpaired) electrons. The van der Waals surface area contributed by atoms with Crippen molar-refractivity contribution < 1.29 is 18.9 Å². The van der Waals surface area contributed by atoms with Crippen LogP contribution in [0.2, 0.25) is 0 Å². The summed E-state index contributed by atoms with van der Waals surface area (Å²) in [5.41, 5.74) is 0.278. The Kier molecular flexibility index (Phi) is 4.18. The van der Waals surface area contributed by atoms with Crippen LogP contribution in [0.25, 0.3) is 0 Å². The summed E-state index contributed by atoms with van der Waals surface area (Å²) < 4.78 is 5.99. The molecule has 3 fully saturated rings. The minimum absolute atomic E-state index is 0.0697. The van der Waals surface area contributed by atoms with Gasteiger partial charge in [-0.25, -0.2) is 0 Å². The fourth-order valence-electron chi connectivity index (χ4n) is 3.37. The van der Waals surface area contributed by atoms with E-state index in [1.54, 1.807) is 0 Å². The quantitative estimate of drug-likeness (QED) is 0.490. The van der Waals surface area contributed by atoms with Gasteiger partial charge in [-0.1, -0.05) is 0 Å². The molecule has 1 N–H and O–H groups in total. The van der Waals surface area contributed by atoms with Gasteiger partial charge in [0.1, 0.15) is 5.75 Å². The van der Waals surface area contributed by atoms with Crippen molar-refractivity contribution in [2.75, 3.05) is 58.2 Å². The molecule has 0 aromatic heterocycles. The van der Waals surface area contributed by atoms with Crippen LogP contribution in [0.15, 0.2) is 18.2 Å². The van der Waals surface area contributed by atoms with Crippen LogP contribution in [-0.2, 0) is 4.79 Å². The highest BCUT2D eigenvalue weighted by Crippen LogP contribution is 2.29. The number of nitro groups is 1. The largest absolute Gasteiger partial charge is 0.495 e. The third-order valence-electron chi connectivity index (χ3n) is 4.82. The third-order valence-corrected chi connectivity index (χ3v) is 4.82. The van der Waals surface area contributed by atoms with Gasteiger partial charge in [-0.2, -0.15) is 0 Å². The average Bonchev–Trinajstić information content (AvgIpc) is 2.55. The number of nitro benzene ring substituents is 1. The molecule has 1 aromatic rings. The van der Waals surface area contributed by atoms with Crippen molar-refractivity contribution in [1.82, 2.24) is 4.90 Å². The van der Waals surface area contributed by atoms with Crippen molar-refractivity contribution >= 4 is 17.3 Å². The molecule has 0 atom stereocenters. The van der Waals surface area contributed by atoms with Gasteiger partial charge < -0.3 is 14.5 Å². The number of piperazine rings is 3. The number of carbonyl (C=O) groups is 1. The predicted octanol–water partition coefficient (Wildman–Crippen LogP) is 0.688. The van der Waals surface area contributed by atoms with E-state index in [9.17, 15) is 14.9 Å². The number of ether oxygens (including phenoxy) is 1. The Morgan fingerprint density at radius 3 is 2.57 bits per heavy atom. The van der Waals surface area contributed by atoms with E-state index in [2.05, 4.69) is 10.2 Å². The van der Waals surface area contributed by atoms with Crippen LogP contribution < -0.4 is 10.1 Å². The Labute approximate surface area is 134 Å². The van der Waals surface area contributed by atoms with Gasteiger partial charge in [0.05, 0.1) is 37.4 Å². The first kappa shape index (κ1) is 15.7. The van der Waals surface area contributed by atoms with E-state index in [0.717, 1.165) is 43.8 Å². The standard InChI is InChI=1S/C15H20N4O4/c1-23-14-3-2-12(18(21)22)10-13(14)16-15(20)11-19-7-4-17(5-8-19)6-9-19/h2-3,10H,4-9,11H2,1H3/p+1. The molecule has 2 bridgehead atoms. The van der Waals surface area contributed by atoms with Crippen molar-refractivity contribution in [2.45, 2.75) is 0 Å². The second kappa shape index (κ2) is 6.13. The third kappa shape index (κ3) is 3.27. The molecule has 124 valence electrons. The number of nitrogens with one attached hydrogen (secondary N) is 1. The summed E-state index contributed by atoms with van der Waals surface area (Å²) in [4.78, 5) is 25.3. The van der Waals surface area contributed by atoms with Crippen molar-refractivity contribution in [1.29, 1.82) is 0 Å². The minimum atomic E-state index is -0.485. The summed E-state index contributed by atoms with van der Waals surface area (Å²) in [5, 5.41) is 13.7. The molecule has 23 heavy (non-hydrogen) atoms. The number of amides is 1. The second-order valence-electron chi connectivity index (χ2n) is 6.20. The number of anilines is 1. The molecule has 3 aliphatic heterocycles. The number of nitrogens with zero attached hydrogens (tertiary/aromatic N) is 3. The zero-order valence-electron chi connectivity index (χ0n) is 13.2. The number of benzene rings is 1. The summed E-state index contributed by atoms with van der Waals surface area (Å²) in [5.74, 6) is 0.298. The average molecular weight is 321 g/mol. The Balaban J connectivity index is 1.72. The summed E-state index contributed by atoms with van der Waals surface area (Å²) in [6.45, 7) is 6.46. The topological polar surface area (TPSA) is 84.7 Å². The van der Waals surface area contributed by atoms with E-state index in [1.165, 1.54) is 25.3 Å². The minimum Gasteiger partial charge on any atom is -0.495 e. The number of hydrogen-bond acceptors (Lipinski definition) is 5. The second-order valence-corrected chi connectivity index (χ2v) is 6.20. The lowest BCUT2D eigenvalue weighted by molar-refractivity contribution is -0.933. The van der Waals surface area contributed by atoms with Gasteiger partial charge in [-0.15, -0.1) is 0 Å². The maximum absolute atomic E-state index is 12.4. The highest BCUT2D eigenvalue weighted by molar-refractivity contribution is 5.93. The Hall–Kier alpha value is -2.19. The van der Waals surface area contributed by atoms with Crippen LogP contribution in [0.3, 0.4) is 0 Å². The molecule has 8 heteroatoms. The molecule has 3 saturated heterocycles. The maximum atomic E-state index is 12.4. The van der Waals surface area contributed by atoms with Gasteiger partial charge in [0.2, 0.25) is 0 Å². The van der Waals surface area contributed by atoms with E-state index in [1.807, 2.05) is 0 Å². The first-order valence-corrected chi connectivity index (χ1v) is 7.71. The predicted molar refractivity (Wildman–Crippen MR) is 84.4 cm³/mol. The van der Waals surface area contributed by atoms with E-state index >= 15 is 0 Å². The van der Waals surface area contributed by atoms with Crippen molar-refractivity contribution in [3.05, 3.63) is 28.3 Å². The van der Waals surface area contributed by atoms with Crippen LogP contribution in [-0.4, -0.2) is 73.1 Å². The van der Waals surface area contributed by atoms with Crippen molar-refractivity contribution in [3.8, 4) is 5.75 Å². The molecular weight excluding hydrogens is 300 g/mol. The van der Waals surface area contributed by atoms with E-state index in [0.29, 0.717) is 18.0 Å². The SMILES string of the molecule is COc1ccc([N+](=O)[O-])cc1NC(=O)C[N+]12CCN(CC1)CC2. The van der Waals surface area contributed by atoms with E-state index in [-0.39, 0.29) is 11.6 Å². The van der Waals surface area contributed by atoms with Crippen molar-refractivity contribution in [2.24, 2.45) is 0 Å². The molecule has 8 nitrogen and oxygen atoms in total. The van der Waals surface area contributed by atoms with Gasteiger partial charge in [0.25, 0.3) is 11.6 Å². The van der Waals surface area contributed by atoms with Gasteiger partial charge in [-0.05, 0) is 6.07 Å². The Morgan fingerprint density at radius 2 is 2.00 bits per heavy atom. The summed E-state index contributed by atoms with van der Waals surface area (Å²) in [6, 6.07) is 4.20.